The number of rotatable bonds is 4. The number of anilines is 1. The number of fused-ring (bicyclic) bond motifs is 1. The molecule has 30 heavy (non-hydrogen) atoms. The van der Waals surface area contributed by atoms with Gasteiger partial charge < -0.3 is 9.80 Å². The van der Waals surface area contributed by atoms with E-state index in [1.165, 1.54) is 5.56 Å². The van der Waals surface area contributed by atoms with Gasteiger partial charge in [0.2, 0.25) is 0 Å². The van der Waals surface area contributed by atoms with Crippen molar-refractivity contribution in [1.82, 2.24) is 9.88 Å². The summed E-state index contributed by atoms with van der Waals surface area (Å²) in [6.07, 6.45) is 3.43. The van der Waals surface area contributed by atoms with Crippen LogP contribution in [0, 0.1) is 18.3 Å². The third kappa shape index (κ3) is 3.65. The number of aryl methyl sites for hydroxylation is 1. The molecule has 0 unspecified atom stereocenters. The monoisotopic (exact) mass is 414 g/mol. The summed E-state index contributed by atoms with van der Waals surface area (Å²) in [5.41, 5.74) is 6.43. The molecule has 5 heteroatoms. The Morgan fingerprint density at radius 2 is 1.87 bits per heavy atom. The summed E-state index contributed by atoms with van der Waals surface area (Å²) in [4.78, 5) is 8.98. The van der Waals surface area contributed by atoms with E-state index in [1.54, 1.807) is 12.3 Å². The first kappa shape index (κ1) is 20.0. The molecule has 1 aliphatic heterocycles. The highest BCUT2D eigenvalue weighted by Gasteiger charge is 2.22. The van der Waals surface area contributed by atoms with E-state index in [4.69, 9.17) is 11.6 Å². The predicted octanol–water partition coefficient (Wildman–Crippen LogP) is 5.56. The lowest BCUT2D eigenvalue weighted by Crippen LogP contribution is -2.45. The van der Waals surface area contributed by atoms with Crippen LogP contribution in [-0.4, -0.2) is 36.1 Å². The summed E-state index contributed by atoms with van der Waals surface area (Å²) < 4.78 is 0. The second-order valence-electron chi connectivity index (χ2n) is 7.52. The van der Waals surface area contributed by atoms with E-state index in [0.29, 0.717) is 10.6 Å². The number of nitrogens with zero attached hydrogens (tertiary/aromatic N) is 4. The van der Waals surface area contributed by atoms with Crippen LogP contribution >= 0.6 is 11.6 Å². The van der Waals surface area contributed by atoms with Gasteiger partial charge in [0.1, 0.15) is 6.07 Å². The molecule has 2 heterocycles. The number of hydrogen-bond donors (Lipinski definition) is 0. The first-order valence-electron chi connectivity index (χ1n) is 9.92. The average molecular weight is 415 g/mol. The second-order valence-corrected chi connectivity index (χ2v) is 7.92. The summed E-state index contributed by atoms with van der Waals surface area (Å²) in [6, 6.07) is 14.6. The highest BCUT2D eigenvalue weighted by atomic mass is 35.5. The first-order valence-corrected chi connectivity index (χ1v) is 10.3. The quantitative estimate of drug-likeness (QED) is 0.524. The van der Waals surface area contributed by atoms with Crippen molar-refractivity contribution in [1.29, 1.82) is 5.26 Å². The number of hydrogen-bond acceptors (Lipinski definition) is 4. The van der Waals surface area contributed by atoms with Crippen molar-refractivity contribution in [2.45, 2.75) is 6.92 Å². The van der Waals surface area contributed by atoms with Crippen LogP contribution in [0.2, 0.25) is 5.02 Å². The van der Waals surface area contributed by atoms with Crippen LogP contribution in [0.15, 0.2) is 67.5 Å². The SMILES string of the molecule is C=CC(=C)N1CCN(c2c(C#N)cnc3cc(Cl)c(-c4ccc(C)cc4)cc23)CC1. The third-order valence-electron chi connectivity index (χ3n) is 5.65. The van der Waals surface area contributed by atoms with Crippen molar-refractivity contribution >= 4 is 28.2 Å². The third-order valence-corrected chi connectivity index (χ3v) is 5.96. The molecule has 2 aromatic carbocycles. The molecule has 1 aromatic heterocycles. The molecular formula is C25H23ClN4. The van der Waals surface area contributed by atoms with Gasteiger partial charge in [-0.2, -0.15) is 5.26 Å². The molecule has 0 amide bonds. The van der Waals surface area contributed by atoms with E-state index in [1.807, 2.05) is 6.07 Å². The van der Waals surface area contributed by atoms with Crippen LogP contribution in [0.1, 0.15) is 11.1 Å². The molecule has 0 saturated carbocycles. The number of aromatic nitrogens is 1. The number of allylic oxidation sites excluding steroid dienone is 1. The molecule has 0 radical (unpaired) electrons. The van der Waals surface area contributed by atoms with E-state index in [9.17, 15) is 5.26 Å². The van der Waals surface area contributed by atoms with Gasteiger partial charge in [0.05, 0.1) is 21.8 Å². The smallest absolute Gasteiger partial charge is 0.103 e. The highest BCUT2D eigenvalue weighted by Crippen LogP contribution is 2.37. The van der Waals surface area contributed by atoms with Crippen molar-refractivity contribution < 1.29 is 0 Å². The summed E-state index contributed by atoms with van der Waals surface area (Å²) in [5, 5.41) is 11.4. The van der Waals surface area contributed by atoms with Gasteiger partial charge in [0.15, 0.2) is 0 Å². The van der Waals surface area contributed by atoms with Gasteiger partial charge in [-0.15, -0.1) is 0 Å². The van der Waals surface area contributed by atoms with E-state index in [-0.39, 0.29) is 0 Å². The van der Waals surface area contributed by atoms with Gasteiger partial charge in [-0.1, -0.05) is 54.6 Å². The lowest BCUT2D eigenvalue weighted by Gasteiger charge is -2.38. The minimum atomic E-state index is 0.579. The molecule has 0 aliphatic carbocycles. The molecular weight excluding hydrogens is 392 g/mol. The standard InChI is InChI=1S/C25H23ClN4/c1-4-18(3)29-9-11-30(12-10-29)25-20(15-27)16-28-24-14-23(26)21(13-22(24)25)19-7-5-17(2)6-8-19/h4-8,13-14,16H,1,3,9-12H2,2H3. The van der Waals surface area contributed by atoms with Crippen LogP contribution in [-0.2, 0) is 0 Å². The number of benzene rings is 2. The fourth-order valence-electron chi connectivity index (χ4n) is 3.92. The van der Waals surface area contributed by atoms with Crippen molar-refractivity contribution in [2.24, 2.45) is 0 Å². The molecule has 4 nitrogen and oxygen atoms in total. The number of pyridine rings is 1. The fraction of sp³-hybridized carbons (Fsp3) is 0.200. The fourth-order valence-corrected chi connectivity index (χ4v) is 4.19. The Bertz CT molecular complexity index is 1170. The molecule has 0 atom stereocenters. The van der Waals surface area contributed by atoms with Gasteiger partial charge >= 0.3 is 0 Å². The Morgan fingerprint density at radius 3 is 2.50 bits per heavy atom. The van der Waals surface area contributed by atoms with Crippen LogP contribution in [0.25, 0.3) is 22.0 Å². The summed E-state index contributed by atoms with van der Waals surface area (Å²) in [6.45, 7) is 13.2. The predicted molar refractivity (Wildman–Crippen MR) is 125 cm³/mol. The maximum Gasteiger partial charge on any atom is 0.103 e. The zero-order valence-corrected chi connectivity index (χ0v) is 17.8. The number of halogens is 1. The van der Waals surface area contributed by atoms with Gasteiger partial charge in [-0.3, -0.25) is 4.98 Å². The average Bonchev–Trinajstić information content (AvgIpc) is 2.78. The van der Waals surface area contributed by atoms with Gasteiger partial charge in [-0.05, 0) is 30.7 Å². The molecule has 3 aromatic rings. The van der Waals surface area contributed by atoms with Crippen LogP contribution < -0.4 is 4.90 Å². The first-order chi connectivity index (χ1) is 14.5. The van der Waals surface area contributed by atoms with Gasteiger partial charge in [-0.25, -0.2) is 0 Å². The minimum absolute atomic E-state index is 0.579. The molecule has 150 valence electrons. The summed E-state index contributed by atoms with van der Waals surface area (Å²) >= 11 is 6.61. The largest absolute Gasteiger partial charge is 0.368 e. The Labute approximate surface area is 182 Å². The molecule has 1 saturated heterocycles. The Hall–Kier alpha value is -3.29. The van der Waals surface area contributed by atoms with E-state index in [2.05, 4.69) is 71.3 Å². The number of piperazine rings is 1. The van der Waals surface area contributed by atoms with Gasteiger partial charge in [0.25, 0.3) is 0 Å². The minimum Gasteiger partial charge on any atom is -0.368 e. The normalized spacial score (nSPS) is 13.9. The molecule has 1 aliphatic rings. The highest BCUT2D eigenvalue weighted by molar-refractivity contribution is 6.34. The van der Waals surface area contributed by atoms with Crippen molar-refractivity contribution in [3.63, 3.8) is 0 Å². The maximum absolute atomic E-state index is 9.78. The number of nitriles is 1. The van der Waals surface area contributed by atoms with Crippen LogP contribution in [0.4, 0.5) is 5.69 Å². The second kappa shape index (κ2) is 8.22. The zero-order chi connectivity index (χ0) is 21.3. The lowest BCUT2D eigenvalue weighted by atomic mass is 9.99. The van der Waals surface area contributed by atoms with Crippen molar-refractivity contribution in [3.05, 3.63) is 83.7 Å². The Morgan fingerprint density at radius 1 is 1.17 bits per heavy atom. The Balaban J connectivity index is 1.81. The molecule has 1 fully saturated rings. The molecule has 4 rings (SSSR count). The summed E-state index contributed by atoms with van der Waals surface area (Å²) in [7, 11) is 0. The lowest BCUT2D eigenvalue weighted by molar-refractivity contribution is 0.332. The van der Waals surface area contributed by atoms with E-state index >= 15 is 0 Å². The van der Waals surface area contributed by atoms with Crippen LogP contribution in [0.3, 0.4) is 0 Å². The van der Waals surface area contributed by atoms with E-state index in [0.717, 1.165) is 59.6 Å². The van der Waals surface area contributed by atoms with Crippen LogP contribution in [0.5, 0.6) is 0 Å². The maximum atomic E-state index is 9.78. The zero-order valence-electron chi connectivity index (χ0n) is 17.0. The summed E-state index contributed by atoms with van der Waals surface area (Å²) in [5.74, 6) is 0. The molecule has 0 bridgehead atoms. The van der Waals surface area contributed by atoms with Gasteiger partial charge in [0, 0.05) is 49.0 Å². The molecule has 0 N–H and O–H groups in total. The van der Waals surface area contributed by atoms with Crippen molar-refractivity contribution in [3.8, 4) is 17.2 Å². The van der Waals surface area contributed by atoms with Crippen molar-refractivity contribution in [2.75, 3.05) is 31.1 Å². The Kier molecular flexibility index (Phi) is 5.48. The van der Waals surface area contributed by atoms with E-state index < -0.39 is 0 Å². The topological polar surface area (TPSA) is 43.2 Å². The molecule has 0 spiro atoms.